The van der Waals surface area contributed by atoms with Crippen LogP contribution in [0, 0.1) is 11.3 Å². The van der Waals surface area contributed by atoms with Crippen LogP contribution in [0.5, 0.6) is 0 Å². The maximum Gasteiger partial charge on any atom is 0.102 e. The van der Waals surface area contributed by atoms with Crippen molar-refractivity contribution >= 4 is 17.4 Å². The minimum atomic E-state index is 0.581. The van der Waals surface area contributed by atoms with Gasteiger partial charge in [0.2, 0.25) is 0 Å². The molecule has 1 aliphatic heterocycles. The Hall–Kier alpha value is -1.18. The molecule has 1 atom stereocenters. The van der Waals surface area contributed by atoms with Crippen molar-refractivity contribution in [3.63, 3.8) is 0 Å². The van der Waals surface area contributed by atoms with E-state index in [-0.39, 0.29) is 0 Å². The van der Waals surface area contributed by atoms with Gasteiger partial charge in [0.25, 0.3) is 0 Å². The maximum absolute atomic E-state index is 9.40. The van der Waals surface area contributed by atoms with E-state index >= 15 is 0 Å². The molecule has 0 radical (unpaired) electrons. The molecule has 0 aromatic heterocycles. The minimum absolute atomic E-state index is 0.581. The van der Waals surface area contributed by atoms with E-state index in [2.05, 4.69) is 30.3 Å². The van der Waals surface area contributed by atoms with Crippen LogP contribution in [0.2, 0.25) is 0 Å². The van der Waals surface area contributed by atoms with Crippen molar-refractivity contribution in [3.05, 3.63) is 23.8 Å². The second kappa shape index (κ2) is 7.56. The van der Waals surface area contributed by atoms with Crippen molar-refractivity contribution in [2.45, 2.75) is 37.1 Å². The number of benzene rings is 1. The Morgan fingerprint density at radius 1 is 1.45 bits per heavy atom. The van der Waals surface area contributed by atoms with Crippen LogP contribution in [0.15, 0.2) is 23.1 Å². The van der Waals surface area contributed by atoms with E-state index in [1.54, 1.807) is 11.8 Å². The van der Waals surface area contributed by atoms with E-state index in [0.717, 1.165) is 28.4 Å². The zero-order valence-electron chi connectivity index (χ0n) is 12.4. The monoisotopic (exact) mass is 289 g/mol. The molecule has 0 saturated carbocycles. The standard InChI is InChI=1S/C16H23N3S/c1-3-20-16-9-6-8-15(14(16)11-17)18-12-13-7-4-5-10-19(13)2/h6,8-9,13,18H,3-5,7,10,12H2,1-2H3. The van der Waals surface area contributed by atoms with Crippen molar-refractivity contribution in [2.75, 3.05) is 31.2 Å². The minimum Gasteiger partial charge on any atom is -0.382 e. The molecule has 1 aromatic rings. The summed E-state index contributed by atoms with van der Waals surface area (Å²) in [4.78, 5) is 3.50. The maximum atomic E-state index is 9.40. The number of nitrogens with one attached hydrogen (secondary N) is 1. The third-order valence-corrected chi connectivity index (χ3v) is 4.83. The Bertz CT molecular complexity index is 481. The Labute approximate surface area is 126 Å². The molecule has 20 heavy (non-hydrogen) atoms. The van der Waals surface area contributed by atoms with E-state index in [0.29, 0.717) is 6.04 Å². The summed E-state index contributed by atoms with van der Waals surface area (Å²) in [5.41, 5.74) is 1.77. The van der Waals surface area contributed by atoms with Crippen LogP contribution >= 0.6 is 11.8 Å². The molecule has 0 bridgehead atoms. The van der Waals surface area contributed by atoms with Crippen molar-refractivity contribution in [3.8, 4) is 6.07 Å². The number of nitriles is 1. The third-order valence-electron chi connectivity index (χ3n) is 3.89. The summed E-state index contributed by atoms with van der Waals surface area (Å²) in [5, 5.41) is 12.9. The Kier molecular flexibility index (Phi) is 5.75. The molecule has 1 aromatic carbocycles. The molecule has 1 fully saturated rings. The van der Waals surface area contributed by atoms with Gasteiger partial charge in [-0.25, -0.2) is 0 Å². The van der Waals surface area contributed by atoms with E-state index in [4.69, 9.17) is 0 Å². The normalized spacial score (nSPS) is 19.6. The van der Waals surface area contributed by atoms with Gasteiger partial charge in [0.15, 0.2) is 0 Å². The fourth-order valence-electron chi connectivity index (χ4n) is 2.70. The number of hydrogen-bond acceptors (Lipinski definition) is 4. The van der Waals surface area contributed by atoms with E-state index < -0.39 is 0 Å². The smallest absolute Gasteiger partial charge is 0.102 e. The number of rotatable bonds is 5. The molecule has 108 valence electrons. The van der Waals surface area contributed by atoms with E-state index in [1.807, 2.05) is 18.2 Å². The van der Waals surface area contributed by atoms with Crippen LogP contribution in [0.3, 0.4) is 0 Å². The van der Waals surface area contributed by atoms with Gasteiger partial charge in [0.05, 0.1) is 11.3 Å². The second-order valence-corrected chi connectivity index (χ2v) is 6.54. The first-order chi connectivity index (χ1) is 9.76. The Morgan fingerprint density at radius 3 is 3.00 bits per heavy atom. The quantitative estimate of drug-likeness (QED) is 0.841. The van der Waals surface area contributed by atoms with Gasteiger partial charge in [-0.2, -0.15) is 5.26 Å². The lowest BCUT2D eigenvalue weighted by atomic mass is 10.0. The van der Waals surface area contributed by atoms with Gasteiger partial charge in [-0.1, -0.05) is 19.4 Å². The van der Waals surface area contributed by atoms with Crippen molar-refractivity contribution in [1.82, 2.24) is 4.90 Å². The molecular weight excluding hydrogens is 266 g/mol. The highest BCUT2D eigenvalue weighted by molar-refractivity contribution is 7.99. The van der Waals surface area contributed by atoms with Crippen LogP contribution in [0.25, 0.3) is 0 Å². The summed E-state index contributed by atoms with van der Waals surface area (Å²) in [6.45, 7) is 4.22. The molecule has 4 heteroatoms. The summed E-state index contributed by atoms with van der Waals surface area (Å²) in [5.74, 6) is 0.990. The largest absolute Gasteiger partial charge is 0.382 e. The number of likely N-dealkylation sites (N-methyl/N-ethyl adjacent to an activating group) is 1. The van der Waals surface area contributed by atoms with Gasteiger partial charge >= 0.3 is 0 Å². The fourth-order valence-corrected chi connectivity index (χ4v) is 3.49. The highest BCUT2D eigenvalue weighted by Crippen LogP contribution is 2.28. The zero-order valence-corrected chi connectivity index (χ0v) is 13.2. The zero-order chi connectivity index (χ0) is 14.4. The Morgan fingerprint density at radius 2 is 2.30 bits per heavy atom. The number of anilines is 1. The average Bonchev–Trinajstić information content (AvgIpc) is 2.47. The number of likely N-dealkylation sites (tertiary alicyclic amines) is 1. The van der Waals surface area contributed by atoms with Crippen LogP contribution in [0.4, 0.5) is 5.69 Å². The summed E-state index contributed by atoms with van der Waals surface area (Å²) in [7, 11) is 2.19. The topological polar surface area (TPSA) is 39.1 Å². The first-order valence-corrected chi connectivity index (χ1v) is 8.34. The summed E-state index contributed by atoms with van der Waals surface area (Å²) >= 11 is 1.73. The van der Waals surface area contributed by atoms with Crippen LogP contribution < -0.4 is 5.32 Å². The predicted molar refractivity (Wildman–Crippen MR) is 86.3 cm³/mol. The van der Waals surface area contributed by atoms with Crippen molar-refractivity contribution < 1.29 is 0 Å². The molecule has 1 heterocycles. The number of nitrogens with zero attached hydrogens (tertiary/aromatic N) is 2. The van der Waals surface area contributed by atoms with Crippen molar-refractivity contribution in [2.24, 2.45) is 0 Å². The molecule has 2 rings (SSSR count). The number of piperidine rings is 1. The van der Waals surface area contributed by atoms with Gasteiger partial charge < -0.3 is 10.2 Å². The van der Waals surface area contributed by atoms with Gasteiger partial charge in [0, 0.05) is 17.5 Å². The SMILES string of the molecule is CCSc1cccc(NCC2CCCCN2C)c1C#N. The number of thioether (sulfide) groups is 1. The lowest BCUT2D eigenvalue weighted by Crippen LogP contribution is -2.40. The molecular formula is C16H23N3S. The summed E-state index contributed by atoms with van der Waals surface area (Å²) in [6.07, 6.45) is 3.86. The second-order valence-electron chi connectivity index (χ2n) is 5.23. The molecule has 1 N–H and O–H groups in total. The van der Waals surface area contributed by atoms with Gasteiger partial charge in [-0.15, -0.1) is 11.8 Å². The molecule has 1 unspecified atom stereocenters. The van der Waals surface area contributed by atoms with E-state index in [9.17, 15) is 5.26 Å². The van der Waals surface area contributed by atoms with Crippen LogP contribution in [0.1, 0.15) is 31.7 Å². The molecule has 1 aliphatic rings. The lowest BCUT2D eigenvalue weighted by molar-refractivity contribution is 0.194. The Balaban J connectivity index is 2.05. The highest BCUT2D eigenvalue weighted by Gasteiger charge is 2.19. The summed E-state index contributed by atoms with van der Waals surface area (Å²) in [6, 6.07) is 9.01. The molecule has 0 spiro atoms. The molecule has 3 nitrogen and oxygen atoms in total. The predicted octanol–water partition coefficient (Wildman–Crippen LogP) is 3.57. The van der Waals surface area contributed by atoms with Crippen molar-refractivity contribution in [1.29, 1.82) is 5.26 Å². The fraction of sp³-hybridized carbons (Fsp3) is 0.562. The lowest BCUT2D eigenvalue weighted by Gasteiger charge is -2.32. The number of hydrogen-bond donors (Lipinski definition) is 1. The van der Waals surface area contributed by atoms with Gasteiger partial charge in [-0.3, -0.25) is 0 Å². The molecule has 0 amide bonds. The van der Waals surface area contributed by atoms with Gasteiger partial charge in [-0.05, 0) is 44.3 Å². The van der Waals surface area contributed by atoms with Gasteiger partial charge in [0.1, 0.15) is 6.07 Å². The first kappa shape index (κ1) is 15.2. The highest BCUT2D eigenvalue weighted by atomic mass is 32.2. The van der Waals surface area contributed by atoms with E-state index in [1.165, 1.54) is 25.8 Å². The van der Waals surface area contributed by atoms with Crippen LogP contribution in [-0.2, 0) is 0 Å². The molecule has 1 saturated heterocycles. The van der Waals surface area contributed by atoms with Crippen LogP contribution in [-0.4, -0.2) is 36.8 Å². The first-order valence-electron chi connectivity index (χ1n) is 7.36. The third kappa shape index (κ3) is 3.68. The average molecular weight is 289 g/mol. The molecule has 0 aliphatic carbocycles. The summed E-state index contributed by atoms with van der Waals surface area (Å²) < 4.78 is 0.